The van der Waals surface area contributed by atoms with Gasteiger partial charge in [0.1, 0.15) is 0 Å². The Hall–Kier alpha value is -1.46. The Morgan fingerprint density at radius 3 is 2.75 bits per heavy atom. The van der Waals surface area contributed by atoms with Gasteiger partial charge in [0.25, 0.3) is 0 Å². The van der Waals surface area contributed by atoms with Crippen molar-refractivity contribution in [3.8, 4) is 0 Å². The molecule has 0 radical (unpaired) electrons. The van der Waals surface area contributed by atoms with Crippen LogP contribution in [0.4, 0.5) is 5.69 Å². The number of rotatable bonds is 3. The predicted octanol–water partition coefficient (Wildman–Crippen LogP) is 1.24. The van der Waals surface area contributed by atoms with Gasteiger partial charge in [-0.3, -0.25) is 14.7 Å². The van der Waals surface area contributed by atoms with Gasteiger partial charge in [-0.1, -0.05) is 0 Å². The van der Waals surface area contributed by atoms with Crippen molar-refractivity contribution in [1.29, 1.82) is 0 Å². The summed E-state index contributed by atoms with van der Waals surface area (Å²) < 4.78 is 0. The van der Waals surface area contributed by atoms with E-state index in [1.165, 1.54) is 0 Å². The van der Waals surface area contributed by atoms with Crippen LogP contribution in [0.1, 0.15) is 25.7 Å². The second kappa shape index (κ2) is 6.33. The Kier molecular flexibility index (Phi) is 4.28. The highest BCUT2D eigenvalue weighted by Gasteiger charge is 2.35. The summed E-state index contributed by atoms with van der Waals surface area (Å²) >= 11 is 0. The zero-order valence-electron chi connectivity index (χ0n) is 11.7. The third-order valence-electron chi connectivity index (χ3n) is 4.32. The van der Waals surface area contributed by atoms with Crippen molar-refractivity contribution in [2.75, 3.05) is 25.0 Å². The monoisotopic (exact) mass is 274 g/mol. The van der Waals surface area contributed by atoms with Gasteiger partial charge >= 0.3 is 0 Å². The minimum Gasteiger partial charge on any atom is -0.325 e. The van der Waals surface area contributed by atoms with Crippen molar-refractivity contribution >= 4 is 11.6 Å². The Morgan fingerprint density at radius 1 is 1.25 bits per heavy atom. The zero-order valence-corrected chi connectivity index (χ0v) is 11.7. The molecule has 2 saturated heterocycles. The number of anilines is 1. The predicted molar refractivity (Wildman–Crippen MR) is 78.5 cm³/mol. The van der Waals surface area contributed by atoms with Crippen LogP contribution < -0.4 is 10.6 Å². The van der Waals surface area contributed by atoms with Gasteiger partial charge in [-0.2, -0.15) is 0 Å². The van der Waals surface area contributed by atoms with Crippen LogP contribution >= 0.6 is 0 Å². The fourth-order valence-corrected chi connectivity index (χ4v) is 3.31. The van der Waals surface area contributed by atoms with E-state index >= 15 is 0 Å². The zero-order chi connectivity index (χ0) is 13.8. The standard InChI is InChI=1S/C15H22N4O/c20-15(18-12-3-7-16-8-4-12)14-2-1-11-19(14)13-5-9-17-10-6-13/h3-4,7-8,13-14,17H,1-2,5-6,9-11H2,(H,16,18,20). The highest BCUT2D eigenvalue weighted by atomic mass is 16.2. The first-order valence-electron chi connectivity index (χ1n) is 7.52. The molecule has 1 aromatic heterocycles. The van der Waals surface area contributed by atoms with Crippen molar-refractivity contribution in [2.24, 2.45) is 0 Å². The summed E-state index contributed by atoms with van der Waals surface area (Å²) in [6.07, 6.45) is 7.81. The lowest BCUT2D eigenvalue weighted by Crippen LogP contribution is -2.49. The Morgan fingerprint density at radius 2 is 2.00 bits per heavy atom. The van der Waals surface area contributed by atoms with Crippen LogP contribution in [0, 0.1) is 0 Å². The molecule has 0 saturated carbocycles. The van der Waals surface area contributed by atoms with Crippen molar-refractivity contribution in [3.63, 3.8) is 0 Å². The molecule has 1 aromatic rings. The molecule has 5 heteroatoms. The van der Waals surface area contributed by atoms with Gasteiger partial charge in [-0.25, -0.2) is 0 Å². The second-order valence-corrected chi connectivity index (χ2v) is 5.60. The van der Waals surface area contributed by atoms with Gasteiger partial charge in [-0.05, 0) is 57.5 Å². The van der Waals surface area contributed by atoms with Gasteiger partial charge in [0.05, 0.1) is 6.04 Å². The fraction of sp³-hybridized carbons (Fsp3) is 0.600. The molecule has 3 heterocycles. The Labute approximate surface area is 119 Å². The van der Waals surface area contributed by atoms with Gasteiger partial charge in [-0.15, -0.1) is 0 Å². The highest BCUT2D eigenvalue weighted by Crippen LogP contribution is 2.25. The molecule has 0 aliphatic carbocycles. The summed E-state index contributed by atoms with van der Waals surface area (Å²) in [5.74, 6) is 0.132. The first-order valence-corrected chi connectivity index (χ1v) is 7.52. The molecule has 0 spiro atoms. The molecule has 2 aliphatic rings. The molecule has 5 nitrogen and oxygen atoms in total. The molecule has 1 atom stereocenters. The van der Waals surface area contributed by atoms with Gasteiger partial charge < -0.3 is 10.6 Å². The number of carbonyl (C=O) groups excluding carboxylic acids is 1. The number of hydrogen-bond acceptors (Lipinski definition) is 4. The molecular weight excluding hydrogens is 252 g/mol. The maximum atomic E-state index is 12.5. The first-order chi connectivity index (χ1) is 9.84. The third-order valence-corrected chi connectivity index (χ3v) is 4.32. The first kappa shape index (κ1) is 13.5. The van der Waals surface area contributed by atoms with Crippen molar-refractivity contribution in [1.82, 2.24) is 15.2 Å². The smallest absolute Gasteiger partial charge is 0.241 e. The summed E-state index contributed by atoms with van der Waals surface area (Å²) in [5.41, 5.74) is 0.835. The van der Waals surface area contributed by atoms with E-state index in [-0.39, 0.29) is 11.9 Å². The van der Waals surface area contributed by atoms with E-state index < -0.39 is 0 Å². The van der Waals surface area contributed by atoms with Gasteiger partial charge in [0, 0.05) is 24.1 Å². The van der Waals surface area contributed by atoms with Crippen molar-refractivity contribution in [3.05, 3.63) is 24.5 Å². The number of nitrogens with zero attached hydrogens (tertiary/aromatic N) is 2. The summed E-state index contributed by atoms with van der Waals surface area (Å²) in [6, 6.07) is 4.27. The topological polar surface area (TPSA) is 57.3 Å². The molecule has 2 fully saturated rings. The number of aromatic nitrogens is 1. The Balaban J connectivity index is 1.64. The van der Waals surface area contributed by atoms with Crippen LogP contribution in [0.5, 0.6) is 0 Å². The fourth-order valence-electron chi connectivity index (χ4n) is 3.31. The van der Waals surface area contributed by atoms with E-state index in [0.29, 0.717) is 6.04 Å². The quantitative estimate of drug-likeness (QED) is 0.870. The molecule has 3 rings (SSSR count). The maximum absolute atomic E-state index is 12.5. The number of nitrogens with one attached hydrogen (secondary N) is 2. The minimum absolute atomic E-state index is 0.0336. The third kappa shape index (κ3) is 2.99. The normalized spacial score (nSPS) is 24.7. The number of hydrogen-bond donors (Lipinski definition) is 2. The van der Waals surface area contributed by atoms with Crippen LogP contribution in [-0.2, 0) is 4.79 Å². The van der Waals surface area contributed by atoms with Crippen LogP contribution in [0.2, 0.25) is 0 Å². The summed E-state index contributed by atoms with van der Waals surface area (Å²) in [5, 5.41) is 6.40. The van der Waals surface area contributed by atoms with Crippen LogP contribution in [0.25, 0.3) is 0 Å². The van der Waals surface area contributed by atoms with E-state index in [2.05, 4.69) is 20.5 Å². The summed E-state index contributed by atoms with van der Waals surface area (Å²) in [4.78, 5) is 18.9. The van der Waals surface area contributed by atoms with Crippen LogP contribution in [0.15, 0.2) is 24.5 Å². The van der Waals surface area contributed by atoms with Crippen molar-refractivity contribution in [2.45, 2.75) is 37.8 Å². The number of piperidine rings is 1. The molecule has 1 unspecified atom stereocenters. The largest absolute Gasteiger partial charge is 0.325 e. The average Bonchev–Trinajstić information content (AvgIpc) is 2.99. The summed E-state index contributed by atoms with van der Waals surface area (Å²) in [7, 11) is 0. The Bertz CT molecular complexity index is 444. The number of pyridine rings is 1. The van der Waals surface area contributed by atoms with Crippen LogP contribution in [-0.4, -0.2) is 47.5 Å². The molecule has 0 bridgehead atoms. The lowest BCUT2D eigenvalue weighted by molar-refractivity contribution is -0.121. The lowest BCUT2D eigenvalue weighted by atomic mass is 10.0. The average molecular weight is 274 g/mol. The molecule has 108 valence electrons. The maximum Gasteiger partial charge on any atom is 0.241 e. The number of amides is 1. The number of likely N-dealkylation sites (tertiary alicyclic amines) is 1. The lowest BCUT2D eigenvalue weighted by Gasteiger charge is -2.35. The van der Waals surface area contributed by atoms with E-state index in [0.717, 1.165) is 51.0 Å². The van der Waals surface area contributed by atoms with Crippen molar-refractivity contribution < 1.29 is 4.79 Å². The van der Waals surface area contributed by atoms with E-state index in [4.69, 9.17) is 0 Å². The molecule has 1 amide bonds. The molecular formula is C15H22N4O. The highest BCUT2D eigenvalue weighted by molar-refractivity contribution is 5.94. The van der Waals surface area contributed by atoms with Crippen LogP contribution in [0.3, 0.4) is 0 Å². The van der Waals surface area contributed by atoms with E-state index in [9.17, 15) is 4.79 Å². The number of carbonyl (C=O) groups is 1. The van der Waals surface area contributed by atoms with E-state index in [1.807, 2.05) is 12.1 Å². The van der Waals surface area contributed by atoms with E-state index in [1.54, 1.807) is 12.4 Å². The molecule has 2 aliphatic heterocycles. The molecule has 2 N–H and O–H groups in total. The molecule has 0 aromatic carbocycles. The van der Waals surface area contributed by atoms with Gasteiger partial charge in [0.2, 0.25) is 5.91 Å². The summed E-state index contributed by atoms with van der Waals surface area (Å²) in [6.45, 7) is 3.19. The van der Waals surface area contributed by atoms with Gasteiger partial charge in [0.15, 0.2) is 0 Å². The second-order valence-electron chi connectivity index (χ2n) is 5.60. The SMILES string of the molecule is O=C(Nc1ccncc1)C1CCCN1C1CCNCC1. The minimum atomic E-state index is 0.0336. The molecule has 20 heavy (non-hydrogen) atoms.